The zero-order valence-corrected chi connectivity index (χ0v) is 17.2. The second-order valence-corrected chi connectivity index (χ2v) is 8.17. The molecule has 1 aromatic carbocycles. The van der Waals surface area contributed by atoms with Gasteiger partial charge in [0.25, 0.3) is 0 Å². The molecule has 1 saturated heterocycles. The number of thiophene rings is 1. The number of nitrogens with zero attached hydrogens (tertiary/aromatic N) is 5. The number of piperazine rings is 1. The van der Waals surface area contributed by atoms with Crippen molar-refractivity contribution in [3.63, 3.8) is 0 Å². The number of aromatic nitrogens is 3. The molecule has 1 aliphatic heterocycles. The van der Waals surface area contributed by atoms with Crippen LogP contribution in [0.3, 0.4) is 0 Å². The Kier molecular flexibility index (Phi) is 5.20. The third kappa shape index (κ3) is 3.69. The Hall–Kier alpha value is -2.81. The van der Waals surface area contributed by atoms with Gasteiger partial charge in [0.1, 0.15) is 11.6 Å². The van der Waals surface area contributed by atoms with Crippen LogP contribution in [0.15, 0.2) is 53.4 Å². The van der Waals surface area contributed by atoms with E-state index < -0.39 is 0 Å². The first-order chi connectivity index (χ1) is 14.7. The Morgan fingerprint density at radius 3 is 2.67 bits per heavy atom. The van der Waals surface area contributed by atoms with Gasteiger partial charge in [-0.2, -0.15) is 11.3 Å². The van der Waals surface area contributed by atoms with E-state index in [1.807, 2.05) is 16.8 Å². The highest BCUT2D eigenvalue weighted by Crippen LogP contribution is 2.31. The number of fused-ring (bicyclic) bond motifs is 1. The molecule has 30 heavy (non-hydrogen) atoms. The quantitative estimate of drug-likeness (QED) is 0.533. The van der Waals surface area contributed by atoms with Crippen LogP contribution in [0.5, 0.6) is 0 Å². The Bertz CT molecular complexity index is 1150. The molecule has 5 rings (SSSR count). The highest BCUT2D eigenvalue weighted by Gasteiger charge is 2.21. The number of aliphatic hydroxyl groups is 1. The van der Waals surface area contributed by atoms with E-state index in [1.54, 1.807) is 17.4 Å². The number of halogens is 1. The highest BCUT2D eigenvalue weighted by atomic mass is 32.1. The van der Waals surface area contributed by atoms with Crippen LogP contribution in [0.2, 0.25) is 0 Å². The minimum Gasteiger partial charge on any atom is -0.395 e. The number of hydrogen-bond acceptors (Lipinski definition) is 6. The molecule has 4 heterocycles. The molecule has 1 fully saturated rings. The second kappa shape index (κ2) is 8.14. The maximum Gasteiger partial charge on any atom is 0.162 e. The summed E-state index contributed by atoms with van der Waals surface area (Å²) in [6.45, 7) is 4.39. The fraction of sp³-hybridized carbons (Fsp3) is 0.273. The SMILES string of the molecule is OCCN1CCN(c2cc(-c3ccsc3)c3nc(-c4cccc(F)c4)cn3n2)CC1. The lowest BCUT2D eigenvalue weighted by atomic mass is 10.1. The number of imidazole rings is 1. The van der Waals surface area contributed by atoms with Crippen LogP contribution in [0.4, 0.5) is 10.2 Å². The molecular formula is C22H22FN5OS. The van der Waals surface area contributed by atoms with E-state index in [9.17, 15) is 9.50 Å². The standard InChI is InChI=1S/C22H22FN5OS/c23-18-3-1-2-16(12-18)20-14-28-22(24-20)19(17-4-11-30-15-17)13-21(25-28)27-7-5-26(6-8-27)9-10-29/h1-4,11-15,29H,5-10H2. The molecule has 0 radical (unpaired) electrons. The minimum atomic E-state index is -0.281. The number of benzene rings is 1. The molecule has 0 atom stereocenters. The van der Waals surface area contributed by atoms with E-state index in [-0.39, 0.29) is 12.4 Å². The van der Waals surface area contributed by atoms with Crippen molar-refractivity contribution < 1.29 is 9.50 Å². The third-order valence-electron chi connectivity index (χ3n) is 5.48. The largest absolute Gasteiger partial charge is 0.395 e. The average Bonchev–Trinajstić information content (AvgIpc) is 3.44. The molecule has 154 valence electrons. The summed E-state index contributed by atoms with van der Waals surface area (Å²) in [5.41, 5.74) is 4.31. The lowest BCUT2D eigenvalue weighted by Crippen LogP contribution is -2.47. The predicted octanol–water partition coefficient (Wildman–Crippen LogP) is 3.38. The van der Waals surface area contributed by atoms with Gasteiger partial charge < -0.3 is 10.0 Å². The number of hydrogen-bond donors (Lipinski definition) is 1. The van der Waals surface area contributed by atoms with Crippen LogP contribution in [-0.2, 0) is 0 Å². The Morgan fingerprint density at radius 2 is 1.93 bits per heavy atom. The Balaban J connectivity index is 1.56. The molecule has 6 nitrogen and oxygen atoms in total. The first kappa shape index (κ1) is 19.2. The summed E-state index contributed by atoms with van der Waals surface area (Å²) in [4.78, 5) is 9.31. The summed E-state index contributed by atoms with van der Waals surface area (Å²) in [6, 6.07) is 10.7. The van der Waals surface area contributed by atoms with Gasteiger partial charge in [0.15, 0.2) is 5.65 Å². The lowest BCUT2D eigenvalue weighted by Gasteiger charge is -2.35. The predicted molar refractivity (Wildman–Crippen MR) is 117 cm³/mol. The van der Waals surface area contributed by atoms with Gasteiger partial charge in [-0.05, 0) is 40.6 Å². The highest BCUT2D eigenvalue weighted by molar-refractivity contribution is 7.08. The maximum atomic E-state index is 13.7. The molecule has 0 spiro atoms. The monoisotopic (exact) mass is 423 g/mol. The molecule has 8 heteroatoms. The van der Waals surface area contributed by atoms with Crippen molar-refractivity contribution in [3.8, 4) is 22.4 Å². The molecule has 0 unspecified atom stereocenters. The van der Waals surface area contributed by atoms with Gasteiger partial charge in [-0.15, -0.1) is 5.10 Å². The number of anilines is 1. The van der Waals surface area contributed by atoms with E-state index in [4.69, 9.17) is 10.1 Å². The molecule has 1 N–H and O–H groups in total. The van der Waals surface area contributed by atoms with Gasteiger partial charge in [0.2, 0.25) is 0 Å². The smallest absolute Gasteiger partial charge is 0.162 e. The first-order valence-electron chi connectivity index (χ1n) is 9.98. The summed E-state index contributed by atoms with van der Waals surface area (Å²) in [7, 11) is 0. The number of rotatable bonds is 5. The minimum absolute atomic E-state index is 0.185. The van der Waals surface area contributed by atoms with E-state index in [0.29, 0.717) is 12.2 Å². The van der Waals surface area contributed by atoms with Crippen molar-refractivity contribution >= 4 is 22.8 Å². The number of aliphatic hydroxyl groups excluding tert-OH is 1. The normalized spacial score (nSPS) is 15.2. The topological polar surface area (TPSA) is 56.9 Å². The molecule has 3 aromatic heterocycles. The Labute approximate surface area is 177 Å². The summed E-state index contributed by atoms with van der Waals surface area (Å²) in [6.07, 6.45) is 1.87. The molecule has 0 bridgehead atoms. The van der Waals surface area contributed by atoms with Gasteiger partial charge in [-0.3, -0.25) is 4.90 Å². The van der Waals surface area contributed by atoms with Gasteiger partial charge in [-0.1, -0.05) is 12.1 Å². The van der Waals surface area contributed by atoms with E-state index >= 15 is 0 Å². The van der Waals surface area contributed by atoms with Gasteiger partial charge in [-0.25, -0.2) is 13.9 Å². The Morgan fingerprint density at radius 1 is 1.07 bits per heavy atom. The molecule has 0 saturated carbocycles. The molecule has 4 aromatic rings. The van der Waals surface area contributed by atoms with Gasteiger partial charge in [0.05, 0.1) is 18.5 Å². The van der Waals surface area contributed by atoms with Crippen LogP contribution in [0, 0.1) is 5.82 Å². The van der Waals surface area contributed by atoms with Crippen molar-refractivity contribution in [2.45, 2.75) is 0 Å². The van der Waals surface area contributed by atoms with Crippen LogP contribution in [0.1, 0.15) is 0 Å². The summed E-state index contributed by atoms with van der Waals surface area (Å²) < 4.78 is 15.5. The molecule has 0 amide bonds. The van der Waals surface area contributed by atoms with Crippen molar-refractivity contribution in [2.75, 3.05) is 44.2 Å². The summed E-state index contributed by atoms with van der Waals surface area (Å²) >= 11 is 1.64. The first-order valence-corrected chi connectivity index (χ1v) is 10.9. The van der Waals surface area contributed by atoms with Gasteiger partial charge in [0, 0.05) is 43.9 Å². The fourth-order valence-electron chi connectivity index (χ4n) is 3.88. The molecule has 1 aliphatic rings. The molecular weight excluding hydrogens is 401 g/mol. The maximum absolute atomic E-state index is 13.7. The van der Waals surface area contributed by atoms with Crippen LogP contribution in [0.25, 0.3) is 28.0 Å². The van der Waals surface area contributed by atoms with E-state index in [2.05, 4.69) is 32.7 Å². The van der Waals surface area contributed by atoms with Crippen LogP contribution >= 0.6 is 11.3 Å². The zero-order valence-electron chi connectivity index (χ0n) is 16.4. The second-order valence-electron chi connectivity index (χ2n) is 7.39. The van der Waals surface area contributed by atoms with E-state index in [1.165, 1.54) is 12.1 Å². The van der Waals surface area contributed by atoms with Crippen molar-refractivity contribution in [1.82, 2.24) is 19.5 Å². The van der Waals surface area contributed by atoms with Crippen LogP contribution < -0.4 is 4.90 Å². The average molecular weight is 424 g/mol. The van der Waals surface area contributed by atoms with E-state index in [0.717, 1.165) is 54.3 Å². The van der Waals surface area contributed by atoms with Crippen molar-refractivity contribution in [2.24, 2.45) is 0 Å². The van der Waals surface area contributed by atoms with Crippen molar-refractivity contribution in [3.05, 3.63) is 59.2 Å². The lowest BCUT2D eigenvalue weighted by molar-refractivity contribution is 0.188. The van der Waals surface area contributed by atoms with Gasteiger partial charge >= 0.3 is 0 Å². The van der Waals surface area contributed by atoms with Crippen molar-refractivity contribution in [1.29, 1.82) is 0 Å². The third-order valence-corrected chi connectivity index (χ3v) is 6.16. The zero-order chi connectivity index (χ0) is 20.5. The fourth-order valence-corrected chi connectivity index (χ4v) is 4.53. The molecule has 0 aliphatic carbocycles. The van der Waals surface area contributed by atoms with Crippen LogP contribution in [-0.4, -0.2) is 63.9 Å². The number of β-amino-alcohol motifs (C(OH)–C–C–N with tert-alkyl or cyclic N) is 1. The summed E-state index contributed by atoms with van der Waals surface area (Å²) in [5.74, 6) is 0.618. The summed E-state index contributed by atoms with van der Waals surface area (Å²) in [5, 5.41) is 18.2.